The van der Waals surface area contributed by atoms with Gasteiger partial charge in [-0.05, 0) is 94.4 Å². The van der Waals surface area contributed by atoms with Crippen molar-refractivity contribution in [3.63, 3.8) is 0 Å². The van der Waals surface area contributed by atoms with Crippen LogP contribution in [0.4, 0.5) is 0 Å². The van der Waals surface area contributed by atoms with Crippen LogP contribution in [0.2, 0.25) is 0 Å². The summed E-state index contributed by atoms with van der Waals surface area (Å²) in [6.07, 6.45) is 18.8. The van der Waals surface area contributed by atoms with Crippen molar-refractivity contribution in [3.8, 4) is 0 Å². The van der Waals surface area contributed by atoms with E-state index in [0.717, 1.165) is 58.7 Å². The van der Waals surface area contributed by atoms with Gasteiger partial charge in [0.2, 0.25) is 0 Å². The molecular formula is C28H55N5. The predicted molar refractivity (Wildman–Crippen MR) is 145 cm³/mol. The number of nitrogens with two attached hydrogens (primary N) is 3. The van der Waals surface area contributed by atoms with Crippen molar-refractivity contribution in [2.24, 2.45) is 17.2 Å². The van der Waals surface area contributed by atoms with Crippen molar-refractivity contribution in [2.45, 2.75) is 109 Å². The minimum atomic E-state index is 0.818. The Balaban J connectivity index is 2.44. The number of unbranched alkanes of at least 4 members (excludes halogenated alkanes) is 11. The molecule has 0 radical (unpaired) electrons. The first-order valence-corrected chi connectivity index (χ1v) is 13.9. The van der Waals surface area contributed by atoms with Gasteiger partial charge in [-0.25, -0.2) is 0 Å². The maximum Gasteiger partial charge on any atom is 0.0205 e. The van der Waals surface area contributed by atoms with Crippen molar-refractivity contribution < 1.29 is 0 Å². The smallest absolute Gasteiger partial charge is 0.0205 e. The zero-order valence-electron chi connectivity index (χ0n) is 21.5. The van der Waals surface area contributed by atoms with E-state index in [0.29, 0.717) is 0 Å². The molecule has 1 aromatic rings. The van der Waals surface area contributed by atoms with E-state index in [2.05, 4.69) is 28.8 Å². The molecule has 0 aromatic heterocycles. The molecule has 33 heavy (non-hydrogen) atoms. The number of nitrogens with one attached hydrogen (secondary N) is 2. The molecular weight excluding hydrogens is 406 g/mol. The van der Waals surface area contributed by atoms with E-state index < -0.39 is 0 Å². The second-order valence-electron chi connectivity index (χ2n) is 9.58. The van der Waals surface area contributed by atoms with Gasteiger partial charge in [0.25, 0.3) is 0 Å². The number of hydrogen-bond donors (Lipinski definition) is 5. The monoisotopic (exact) mass is 461 g/mol. The van der Waals surface area contributed by atoms with Crippen LogP contribution in [0.25, 0.3) is 0 Å². The molecule has 0 aliphatic heterocycles. The van der Waals surface area contributed by atoms with Gasteiger partial charge in [-0.1, -0.05) is 69.6 Å². The minimum absolute atomic E-state index is 0.818. The first-order chi connectivity index (χ1) is 16.3. The number of benzene rings is 1. The second kappa shape index (κ2) is 22.8. The Kier molecular flexibility index (Phi) is 20.8. The molecule has 0 atom stereocenters. The molecule has 5 heteroatoms. The normalized spacial score (nSPS) is 11.4. The van der Waals surface area contributed by atoms with Crippen molar-refractivity contribution >= 4 is 0 Å². The zero-order chi connectivity index (χ0) is 23.8. The third-order valence-electron chi connectivity index (χ3n) is 6.31. The highest BCUT2D eigenvalue weighted by atomic mass is 14.9. The molecule has 192 valence electrons. The molecule has 1 rings (SSSR count). The van der Waals surface area contributed by atoms with Gasteiger partial charge in [-0.2, -0.15) is 0 Å². The highest BCUT2D eigenvalue weighted by Gasteiger charge is 2.03. The lowest BCUT2D eigenvalue weighted by atomic mass is 10.00. The summed E-state index contributed by atoms with van der Waals surface area (Å²) < 4.78 is 0. The zero-order valence-corrected chi connectivity index (χ0v) is 21.5. The first kappa shape index (κ1) is 30.1. The molecule has 0 aliphatic rings. The summed E-state index contributed by atoms with van der Waals surface area (Å²) in [6, 6.07) is 7.23. The van der Waals surface area contributed by atoms with E-state index in [4.69, 9.17) is 17.2 Å². The lowest BCUT2D eigenvalue weighted by molar-refractivity contribution is 0.584. The Morgan fingerprint density at radius 2 is 0.788 bits per heavy atom. The highest BCUT2D eigenvalue weighted by Crippen LogP contribution is 2.15. The van der Waals surface area contributed by atoms with Gasteiger partial charge in [-0.15, -0.1) is 0 Å². The Morgan fingerprint density at radius 1 is 0.424 bits per heavy atom. The molecule has 1 aromatic carbocycles. The fourth-order valence-electron chi connectivity index (χ4n) is 4.33. The lowest BCUT2D eigenvalue weighted by Gasteiger charge is -2.12. The maximum atomic E-state index is 5.60. The van der Waals surface area contributed by atoms with Crippen molar-refractivity contribution in [2.75, 3.05) is 32.7 Å². The maximum absolute atomic E-state index is 5.60. The molecule has 0 saturated heterocycles. The van der Waals surface area contributed by atoms with Gasteiger partial charge in [-0.3, -0.25) is 0 Å². The average molecular weight is 462 g/mol. The molecule has 0 amide bonds. The molecule has 0 unspecified atom stereocenters. The Labute approximate surface area is 205 Å². The molecule has 0 spiro atoms. The van der Waals surface area contributed by atoms with Crippen LogP contribution in [0.3, 0.4) is 0 Å². The van der Waals surface area contributed by atoms with Crippen LogP contribution in [0.15, 0.2) is 18.2 Å². The average Bonchev–Trinajstić information content (AvgIpc) is 2.82. The molecule has 0 saturated carbocycles. The van der Waals surface area contributed by atoms with Gasteiger partial charge in [0.05, 0.1) is 0 Å². The van der Waals surface area contributed by atoms with Gasteiger partial charge < -0.3 is 27.8 Å². The lowest BCUT2D eigenvalue weighted by Crippen LogP contribution is -2.17. The van der Waals surface area contributed by atoms with Crippen molar-refractivity contribution in [3.05, 3.63) is 34.9 Å². The van der Waals surface area contributed by atoms with Gasteiger partial charge in [0.15, 0.2) is 0 Å². The van der Waals surface area contributed by atoms with Gasteiger partial charge >= 0.3 is 0 Å². The Hall–Kier alpha value is -0.980. The molecule has 0 heterocycles. The fraction of sp³-hybridized carbons (Fsp3) is 0.786. The molecule has 0 fully saturated rings. The van der Waals surface area contributed by atoms with Crippen molar-refractivity contribution in [1.82, 2.24) is 10.6 Å². The second-order valence-corrected chi connectivity index (χ2v) is 9.58. The van der Waals surface area contributed by atoms with E-state index in [9.17, 15) is 0 Å². The summed E-state index contributed by atoms with van der Waals surface area (Å²) in [5, 5.41) is 7.31. The topological polar surface area (TPSA) is 102 Å². The largest absolute Gasteiger partial charge is 0.330 e. The first-order valence-electron chi connectivity index (χ1n) is 13.9. The number of rotatable bonds is 24. The standard InChI is InChI=1S/C28H55N5/c29-16-10-4-2-1-3-9-15-26-21-27(24-32-19-13-7-5-11-17-30)23-28(22-26)25-33-20-14-8-6-12-18-31/h21-23,32-33H,1-20,24-25,29-31H2. The van der Waals surface area contributed by atoms with Crippen LogP contribution in [0.1, 0.15) is 107 Å². The molecule has 0 bridgehead atoms. The quantitative estimate of drug-likeness (QED) is 0.143. The summed E-state index contributed by atoms with van der Waals surface area (Å²) >= 11 is 0. The van der Waals surface area contributed by atoms with E-state index in [1.54, 1.807) is 0 Å². The summed E-state index contributed by atoms with van der Waals surface area (Å²) in [6.45, 7) is 6.59. The van der Waals surface area contributed by atoms with Crippen LogP contribution in [0, 0.1) is 0 Å². The highest BCUT2D eigenvalue weighted by molar-refractivity contribution is 5.30. The SMILES string of the molecule is NCCCCCCCCc1cc(CNCCCCCCN)cc(CNCCCCCCN)c1. The Morgan fingerprint density at radius 3 is 1.24 bits per heavy atom. The fourth-order valence-corrected chi connectivity index (χ4v) is 4.33. The number of hydrogen-bond acceptors (Lipinski definition) is 5. The third kappa shape index (κ3) is 18.1. The van der Waals surface area contributed by atoms with Crippen molar-refractivity contribution in [1.29, 1.82) is 0 Å². The van der Waals surface area contributed by atoms with Gasteiger partial charge in [0, 0.05) is 13.1 Å². The van der Waals surface area contributed by atoms with Crippen LogP contribution in [-0.4, -0.2) is 32.7 Å². The van der Waals surface area contributed by atoms with Crippen LogP contribution in [0.5, 0.6) is 0 Å². The van der Waals surface area contributed by atoms with E-state index in [-0.39, 0.29) is 0 Å². The third-order valence-corrected chi connectivity index (χ3v) is 6.31. The molecule has 8 N–H and O–H groups in total. The summed E-state index contributed by atoms with van der Waals surface area (Å²) in [7, 11) is 0. The Bertz CT molecular complexity index is 461. The summed E-state index contributed by atoms with van der Waals surface area (Å²) in [5.41, 5.74) is 21.1. The van der Waals surface area contributed by atoms with Gasteiger partial charge in [0.1, 0.15) is 0 Å². The summed E-state index contributed by atoms with van der Waals surface area (Å²) in [4.78, 5) is 0. The minimum Gasteiger partial charge on any atom is -0.330 e. The summed E-state index contributed by atoms with van der Waals surface area (Å²) in [5.74, 6) is 0. The van der Waals surface area contributed by atoms with Crippen LogP contribution in [-0.2, 0) is 19.5 Å². The van der Waals surface area contributed by atoms with Crippen LogP contribution < -0.4 is 27.8 Å². The predicted octanol–water partition coefficient (Wildman–Crippen LogP) is 4.75. The number of aryl methyl sites for hydroxylation is 1. The van der Waals surface area contributed by atoms with E-state index in [1.165, 1.54) is 100 Å². The van der Waals surface area contributed by atoms with E-state index in [1.807, 2.05) is 0 Å². The molecule has 0 aliphatic carbocycles. The van der Waals surface area contributed by atoms with E-state index >= 15 is 0 Å². The molecule has 5 nitrogen and oxygen atoms in total. The van der Waals surface area contributed by atoms with Crippen LogP contribution >= 0.6 is 0 Å².